The maximum atomic E-state index is 12.7. The summed E-state index contributed by atoms with van der Waals surface area (Å²) in [6.07, 6.45) is 2.20. The van der Waals surface area contributed by atoms with E-state index in [1.165, 1.54) is 16.2 Å². The third-order valence-corrected chi connectivity index (χ3v) is 5.39. The van der Waals surface area contributed by atoms with Gasteiger partial charge >= 0.3 is 11.9 Å². The van der Waals surface area contributed by atoms with Crippen LogP contribution in [0.25, 0.3) is 0 Å². The highest BCUT2D eigenvalue weighted by Gasteiger charge is 2.52. The molecule has 0 bridgehead atoms. The Morgan fingerprint density at radius 1 is 1.12 bits per heavy atom. The fourth-order valence-electron chi connectivity index (χ4n) is 4.40. The lowest BCUT2D eigenvalue weighted by molar-refractivity contribution is -0.536. The summed E-state index contributed by atoms with van der Waals surface area (Å²) in [5, 5.41) is 0. The Morgan fingerprint density at radius 2 is 1.76 bits per heavy atom. The highest BCUT2D eigenvalue weighted by molar-refractivity contribution is 6.23. The molecule has 0 N–H and O–H groups in total. The van der Waals surface area contributed by atoms with E-state index < -0.39 is 6.04 Å². The first kappa shape index (κ1) is 18.0. The van der Waals surface area contributed by atoms with E-state index in [4.69, 9.17) is 4.99 Å². The molecule has 0 aromatic carbocycles. The van der Waals surface area contributed by atoms with Crippen molar-refractivity contribution in [2.45, 2.75) is 39.7 Å². The Morgan fingerprint density at radius 3 is 2.36 bits per heavy atom. The minimum absolute atomic E-state index is 0.175. The summed E-state index contributed by atoms with van der Waals surface area (Å²) in [7, 11) is 3.25. The lowest BCUT2D eigenvalue weighted by Gasteiger charge is -2.33. The molecule has 3 unspecified atom stereocenters. The minimum Gasteiger partial charge on any atom is -0.292 e. The van der Waals surface area contributed by atoms with Gasteiger partial charge in [0.2, 0.25) is 0 Å². The second-order valence-corrected chi connectivity index (χ2v) is 7.86. The van der Waals surface area contributed by atoms with E-state index in [0.29, 0.717) is 17.7 Å². The molecule has 0 aromatic rings. The van der Waals surface area contributed by atoms with E-state index in [-0.39, 0.29) is 11.9 Å². The molecule has 3 aliphatic rings. The molecule has 0 aliphatic carbocycles. The molecule has 0 spiro atoms. The predicted octanol–water partition coefficient (Wildman–Crippen LogP) is 1.09. The summed E-state index contributed by atoms with van der Waals surface area (Å²) >= 11 is 0. The molecular weight excluding hydrogens is 318 g/mol. The van der Waals surface area contributed by atoms with E-state index in [2.05, 4.69) is 30.2 Å². The number of amides is 3. The van der Waals surface area contributed by atoms with Crippen LogP contribution in [-0.2, 0) is 4.79 Å². The van der Waals surface area contributed by atoms with Crippen LogP contribution in [0.2, 0.25) is 0 Å². The van der Waals surface area contributed by atoms with Crippen LogP contribution in [0, 0.1) is 11.8 Å². The lowest BCUT2D eigenvalue weighted by atomic mass is 9.92. The number of nitrogens with zero attached hydrogens (tertiary/aromatic N) is 5. The summed E-state index contributed by atoms with van der Waals surface area (Å²) in [4.78, 5) is 34.9. The molecule has 3 rings (SSSR count). The molecular formula is C18H30N5O2+. The van der Waals surface area contributed by atoms with Crippen molar-refractivity contribution in [3.8, 4) is 0 Å². The Hall–Kier alpha value is -1.76. The van der Waals surface area contributed by atoms with E-state index in [0.717, 1.165) is 38.4 Å². The first-order chi connectivity index (χ1) is 11.8. The van der Waals surface area contributed by atoms with Gasteiger partial charge in [-0.1, -0.05) is 20.8 Å². The third kappa shape index (κ3) is 3.21. The molecule has 0 aromatic heterocycles. The van der Waals surface area contributed by atoms with E-state index >= 15 is 0 Å². The largest absolute Gasteiger partial charge is 0.333 e. The topological polar surface area (TPSA) is 59.2 Å². The van der Waals surface area contributed by atoms with Gasteiger partial charge < -0.3 is 0 Å². The standard InChI is InChI=1S/C18H30N5O2/c1-6-7-23-14(11-22-9-12(2)8-13(3)10-22)19-16-15(23)17(24)21(5)18(25)20(16)4/h12-13,15H,6-11H2,1-5H3/q+1. The molecule has 3 heterocycles. The highest BCUT2D eigenvalue weighted by Crippen LogP contribution is 2.23. The smallest absolute Gasteiger partial charge is 0.292 e. The van der Waals surface area contributed by atoms with Crippen LogP contribution in [0.4, 0.5) is 4.79 Å². The molecule has 0 radical (unpaired) electrons. The van der Waals surface area contributed by atoms with Gasteiger partial charge in [-0.3, -0.25) is 19.5 Å². The Bertz CT molecular complexity index is 631. The normalized spacial score (nSPS) is 30.9. The van der Waals surface area contributed by atoms with Crippen LogP contribution >= 0.6 is 0 Å². The molecule has 3 aliphatic heterocycles. The lowest BCUT2D eigenvalue weighted by Crippen LogP contribution is -2.61. The molecule has 2 fully saturated rings. The molecule has 7 nitrogen and oxygen atoms in total. The van der Waals surface area contributed by atoms with Crippen molar-refractivity contribution in [3.05, 3.63) is 0 Å². The van der Waals surface area contributed by atoms with Crippen LogP contribution < -0.4 is 0 Å². The first-order valence-corrected chi connectivity index (χ1v) is 9.32. The highest BCUT2D eigenvalue weighted by atomic mass is 16.2. The van der Waals surface area contributed by atoms with Crippen molar-refractivity contribution in [2.75, 3.05) is 40.3 Å². The van der Waals surface area contributed by atoms with Crippen LogP contribution in [-0.4, -0.2) is 89.2 Å². The maximum absolute atomic E-state index is 12.7. The van der Waals surface area contributed by atoms with E-state index in [9.17, 15) is 9.59 Å². The molecule has 138 valence electrons. The van der Waals surface area contributed by atoms with Crippen LogP contribution in [0.1, 0.15) is 33.6 Å². The van der Waals surface area contributed by atoms with Gasteiger partial charge in [-0.25, -0.2) is 9.37 Å². The maximum Gasteiger partial charge on any atom is 0.333 e. The van der Waals surface area contributed by atoms with Gasteiger partial charge in [-0.05, 0) is 29.7 Å². The van der Waals surface area contributed by atoms with Crippen molar-refractivity contribution < 1.29 is 14.2 Å². The number of hydrogen-bond acceptors (Lipinski definition) is 4. The van der Waals surface area contributed by atoms with Gasteiger partial charge in [-0.2, -0.15) is 0 Å². The van der Waals surface area contributed by atoms with Crippen LogP contribution in [0.5, 0.6) is 0 Å². The second kappa shape index (κ2) is 6.86. The van der Waals surface area contributed by atoms with Crippen molar-refractivity contribution in [1.82, 2.24) is 14.7 Å². The summed E-state index contributed by atoms with van der Waals surface area (Å²) in [5.74, 6) is 2.68. The summed E-state index contributed by atoms with van der Waals surface area (Å²) in [5.41, 5.74) is 0. The van der Waals surface area contributed by atoms with Gasteiger partial charge in [0.15, 0.2) is 0 Å². The molecule has 25 heavy (non-hydrogen) atoms. The van der Waals surface area contributed by atoms with Crippen LogP contribution in [0.3, 0.4) is 0 Å². The number of aliphatic imine (C=N–C) groups is 1. The van der Waals surface area contributed by atoms with Crippen molar-refractivity contribution in [3.63, 3.8) is 0 Å². The Labute approximate surface area is 150 Å². The summed E-state index contributed by atoms with van der Waals surface area (Å²) in [6.45, 7) is 10.3. The quantitative estimate of drug-likeness (QED) is 0.715. The zero-order chi connectivity index (χ0) is 18.3. The number of rotatable bonds is 4. The molecule has 7 heteroatoms. The monoisotopic (exact) mass is 348 g/mol. The van der Waals surface area contributed by atoms with Crippen molar-refractivity contribution in [2.24, 2.45) is 16.8 Å². The molecule has 3 atom stereocenters. The van der Waals surface area contributed by atoms with E-state index in [1.54, 1.807) is 14.1 Å². The molecule has 2 saturated heterocycles. The number of urea groups is 1. The van der Waals surface area contributed by atoms with Crippen molar-refractivity contribution in [1.29, 1.82) is 0 Å². The number of likely N-dealkylation sites (N-methyl/N-ethyl adjacent to an activating group) is 2. The number of fused-ring (bicyclic) bond motifs is 1. The Balaban J connectivity index is 1.89. The Kier molecular flexibility index (Phi) is 4.95. The number of carbonyl (C=O) groups is 2. The van der Waals surface area contributed by atoms with Gasteiger partial charge in [0.05, 0.1) is 6.54 Å². The zero-order valence-corrected chi connectivity index (χ0v) is 16.0. The SMILES string of the molecule is CCC[N+]1=C(CN2CC(C)CC(C)C2)N=C2C1C(=O)N(C)C(=O)N2C. The van der Waals surface area contributed by atoms with Crippen LogP contribution in [0.15, 0.2) is 4.99 Å². The number of carbonyl (C=O) groups excluding carboxylic acids is 2. The van der Waals surface area contributed by atoms with E-state index in [1.807, 2.05) is 0 Å². The fourth-order valence-corrected chi connectivity index (χ4v) is 4.40. The van der Waals surface area contributed by atoms with Gasteiger partial charge in [0, 0.05) is 27.2 Å². The number of likely N-dealkylation sites (tertiary alicyclic amines) is 1. The first-order valence-electron chi connectivity index (χ1n) is 9.32. The minimum atomic E-state index is -0.456. The molecule has 0 saturated carbocycles. The van der Waals surface area contributed by atoms with Gasteiger partial charge in [0.1, 0.15) is 6.54 Å². The number of amidine groups is 2. The molecule has 3 amide bonds. The third-order valence-electron chi connectivity index (χ3n) is 5.39. The summed E-state index contributed by atoms with van der Waals surface area (Å²) < 4.78 is 2.10. The average molecular weight is 348 g/mol. The summed E-state index contributed by atoms with van der Waals surface area (Å²) in [6, 6.07) is -0.764. The second-order valence-electron chi connectivity index (χ2n) is 7.86. The van der Waals surface area contributed by atoms with Gasteiger partial charge in [-0.15, -0.1) is 0 Å². The van der Waals surface area contributed by atoms with Crippen molar-refractivity contribution >= 4 is 23.6 Å². The predicted molar refractivity (Wildman–Crippen MR) is 97.0 cm³/mol. The average Bonchev–Trinajstić information content (AvgIpc) is 2.89. The zero-order valence-electron chi connectivity index (χ0n) is 16.0. The van der Waals surface area contributed by atoms with Gasteiger partial charge in [0.25, 0.3) is 17.8 Å². The number of imide groups is 1. The number of piperidine rings is 1. The number of hydrogen-bond donors (Lipinski definition) is 0. The fraction of sp³-hybridized carbons (Fsp3) is 0.778.